The van der Waals surface area contributed by atoms with Crippen molar-refractivity contribution in [2.75, 3.05) is 11.9 Å². The molecule has 4 heteroatoms. The van der Waals surface area contributed by atoms with Crippen molar-refractivity contribution in [1.82, 2.24) is 5.32 Å². The zero-order valence-electron chi connectivity index (χ0n) is 12.3. The fourth-order valence-corrected chi connectivity index (χ4v) is 1.51. The minimum atomic E-state index is -0.246. The fraction of sp³-hybridized carbons (Fsp3) is 0.467. The second-order valence-corrected chi connectivity index (χ2v) is 5.33. The monoisotopic (exact) mass is 262 g/mol. The molecule has 0 spiro atoms. The van der Waals surface area contributed by atoms with Crippen LogP contribution < -0.4 is 10.2 Å². The minimum absolute atomic E-state index is 0.00968. The second-order valence-electron chi connectivity index (χ2n) is 5.33. The molecule has 0 radical (unpaired) electrons. The Bertz CT molecular complexity index is 481. The highest BCUT2D eigenvalue weighted by Crippen LogP contribution is 2.16. The van der Waals surface area contributed by atoms with Gasteiger partial charge in [-0.1, -0.05) is 19.1 Å². The van der Waals surface area contributed by atoms with Gasteiger partial charge in [-0.15, -0.1) is 0 Å². The van der Waals surface area contributed by atoms with E-state index in [2.05, 4.69) is 5.32 Å². The number of hydrogen-bond acceptors (Lipinski definition) is 2. The summed E-state index contributed by atoms with van der Waals surface area (Å²) in [5, 5.41) is 2.95. The Morgan fingerprint density at radius 3 is 2.47 bits per heavy atom. The van der Waals surface area contributed by atoms with Gasteiger partial charge in [-0.2, -0.15) is 0 Å². The molecule has 2 amide bonds. The van der Waals surface area contributed by atoms with Crippen LogP contribution in [0.1, 0.15) is 44.5 Å². The van der Waals surface area contributed by atoms with E-state index in [1.54, 1.807) is 25.2 Å². The molecular weight excluding hydrogens is 240 g/mol. The van der Waals surface area contributed by atoms with E-state index in [1.807, 2.05) is 26.8 Å². The first-order valence-electron chi connectivity index (χ1n) is 6.43. The highest BCUT2D eigenvalue weighted by atomic mass is 16.2. The van der Waals surface area contributed by atoms with E-state index in [-0.39, 0.29) is 17.4 Å². The lowest BCUT2D eigenvalue weighted by molar-refractivity contribution is 0.101. The van der Waals surface area contributed by atoms with Crippen molar-refractivity contribution in [2.45, 2.75) is 39.7 Å². The normalized spacial score (nSPS) is 11.0. The van der Waals surface area contributed by atoms with Crippen LogP contribution in [0.25, 0.3) is 0 Å². The van der Waals surface area contributed by atoms with Gasteiger partial charge in [-0.25, -0.2) is 4.79 Å². The molecule has 1 rings (SSSR count). The molecule has 0 fully saturated rings. The number of anilines is 1. The van der Waals surface area contributed by atoms with Crippen molar-refractivity contribution in [3.05, 3.63) is 29.8 Å². The van der Waals surface area contributed by atoms with Crippen LogP contribution >= 0.6 is 0 Å². The van der Waals surface area contributed by atoms with Crippen LogP contribution in [0, 0.1) is 0 Å². The lowest BCUT2D eigenvalue weighted by atomic mass is 10.0. The molecule has 1 aromatic carbocycles. The molecule has 0 unspecified atom stereocenters. The van der Waals surface area contributed by atoms with Crippen LogP contribution in [0.5, 0.6) is 0 Å². The highest BCUT2D eigenvalue weighted by Gasteiger charge is 2.21. The van der Waals surface area contributed by atoms with Gasteiger partial charge in [0.05, 0.1) is 0 Å². The van der Waals surface area contributed by atoms with Gasteiger partial charge in [0.15, 0.2) is 5.78 Å². The Hall–Kier alpha value is -1.84. The number of amides is 2. The quantitative estimate of drug-likeness (QED) is 0.847. The molecule has 0 saturated carbocycles. The van der Waals surface area contributed by atoms with Crippen molar-refractivity contribution >= 4 is 17.5 Å². The zero-order chi connectivity index (χ0) is 14.6. The summed E-state index contributed by atoms with van der Waals surface area (Å²) in [4.78, 5) is 25.0. The molecule has 19 heavy (non-hydrogen) atoms. The largest absolute Gasteiger partial charge is 0.333 e. The summed E-state index contributed by atoms with van der Waals surface area (Å²) >= 11 is 0. The highest BCUT2D eigenvalue weighted by molar-refractivity contribution is 5.97. The van der Waals surface area contributed by atoms with Crippen LogP contribution in [0.15, 0.2) is 24.3 Å². The Balaban J connectivity index is 2.88. The number of hydrogen-bond donors (Lipinski definition) is 1. The number of benzene rings is 1. The van der Waals surface area contributed by atoms with Crippen molar-refractivity contribution in [3.8, 4) is 0 Å². The lowest BCUT2D eigenvalue weighted by Crippen LogP contribution is -2.48. The SMILES string of the molecule is CCC(C)(C)NC(=O)N(C)c1cccc(C(C)=O)c1. The molecule has 0 aliphatic heterocycles. The number of Topliss-reactive ketones (excluding diaryl/α,β-unsaturated/α-hetero) is 1. The summed E-state index contributed by atoms with van der Waals surface area (Å²) in [6.45, 7) is 7.49. The molecule has 4 nitrogen and oxygen atoms in total. The van der Waals surface area contributed by atoms with Crippen LogP contribution in [-0.4, -0.2) is 24.4 Å². The smallest absolute Gasteiger partial charge is 0.322 e. The van der Waals surface area contributed by atoms with Gasteiger partial charge in [0.1, 0.15) is 0 Å². The molecule has 1 aromatic rings. The van der Waals surface area contributed by atoms with Crippen molar-refractivity contribution < 1.29 is 9.59 Å². The third-order valence-corrected chi connectivity index (χ3v) is 3.27. The molecular formula is C15H22N2O2. The topological polar surface area (TPSA) is 49.4 Å². The summed E-state index contributed by atoms with van der Waals surface area (Å²) in [5.74, 6) is -0.00968. The summed E-state index contributed by atoms with van der Waals surface area (Å²) in [7, 11) is 1.69. The van der Waals surface area contributed by atoms with E-state index in [0.717, 1.165) is 6.42 Å². The Labute approximate surface area is 114 Å². The summed E-state index contributed by atoms with van der Waals surface area (Å²) in [6, 6.07) is 6.88. The number of carbonyl (C=O) groups is 2. The van der Waals surface area contributed by atoms with Gasteiger partial charge in [0, 0.05) is 23.8 Å². The second kappa shape index (κ2) is 5.87. The summed E-state index contributed by atoms with van der Waals surface area (Å²) in [5.41, 5.74) is 1.06. The van der Waals surface area contributed by atoms with Gasteiger partial charge >= 0.3 is 6.03 Å². The fourth-order valence-electron chi connectivity index (χ4n) is 1.51. The molecule has 0 aliphatic carbocycles. The summed E-state index contributed by atoms with van der Waals surface area (Å²) in [6.07, 6.45) is 0.847. The lowest BCUT2D eigenvalue weighted by Gasteiger charge is -2.28. The summed E-state index contributed by atoms with van der Waals surface area (Å²) < 4.78 is 0. The van der Waals surface area contributed by atoms with Gasteiger partial charge in [0.2, 0.25) is 0 Å². The maximum Gasteiger partial charge on any atom is 0.322 e. The first kappa shape index (κ1) is 15.2. The van der Waals surface area contributed by atoms with E-state index in [4.69, 9.17) is 0 Å². The van der Waals surface area contributed by atoms with E-state index in [9.17, 15) is 9.59 Å². The van der Waals surface area contributed by atoms with Gasteiger partial charge < -0.3 is 5.32 Å². The molecule has 0 saturated heterocycles. The molecule has 1 N–H and O–H groups in total. The number of urea groups is 1. The van der Waals surface area contributed by atoms with E-state index >= 15 is 0 Å². The molecule has 0 bridgehead atoms. The van der Waals surface area contributed by atoms with Gasteiger partial charge in [-0.05, 0) is 39.3 Å². The van der Waals surface area contributed by atoms with E-state index < -0.39 is 0 Å². The van der Waals surface area contributed by atoms with Crippen molar-refractivity contribution in [2.24, 2.45) is 0 Å². The Morgan fingerprint density at radius 2 is 1.95 bits per heavy atom. The van der Waals surface area contributed by atoms with Crippen molar-refractivity contribution in [1.29, 1.82) is 0 Å². The van der Waals surface area contributed by atoms with E-state index in [0.29, 0.717) is 11.3 Å². The number of ketones is 1. The standard InChI is InChI=1S/C15H22N2O2/c1-6-15(3,4)16-14(19)17(5)13-9-7-8-12(10-13)11(2)18/h7-10H,6H2,1-5H3,(H,16,19). The third kappa shape index (κ3) is 4.09. The minimum Gasteiger partial charge on any atom is -0.333 e. The molecule has 0 aromatic heterocycles. The number of nitrogens with one attached hydrogen (secondary N) is 1. The average Bonchev–Trinajstić information content (AvgIpc) is 2.37. The van der Waals surface area contributed by atoms with Crippen molar-refractivity contribution in [3.63, 3.8) is 0 Å². The number of nitrogens with zero attached hydrogens (tertiary/aromatic N) is 1. The van der Waals surface area contributed by atoms with Crippen LogP contribution in [-0.2, 0) is 0 Å². The molecule has 0 heterocycles. The van der Waals surface area contributed by atoms with Crippen LogP contribution in [0.4, 0.5) is 10.5 Å². The molecule has 0 aliphatic rings. The Kier molecular flexibility index (Phi) is 4.70. The number of carbonyl (C=O) groups excluding carboxylic acids is 2. The maximum atomic E-state index is 12.1. The maximum absolute atomic E-state index is 12.1. The van der Waals surface area contributed by atoms with Gasteiger partial charge in [0.25, 0.3) is 0 Å². The molecule has 0 atom stereocenters. The predicted octanol–water partition coefficient (Wildman–Crippen LogP) is 3.22. The first-order chi connectivity index (χ1) is 8.76. The molecule has 104 valence electrons. The van der Waals surface area contributed by atoms with Gasteiger partial charge in [-0.3, -0.25) is 9.69 Å². The third-order valence-electron chi connectivity index (χ3n) is 3.27. The zero-order valence-corrected chi connectivity index (χ0v) is 12.3. The predicted molar refractivity (Wildman–Crippen MR) is 77.8 cm³/mol. The average molecular weight is 262 g/mol. The van der Waals surface area contributed by atoms with Crippen LogP contribution in [0.3, 0.4) is 0 Å². The number of rotatable bonds is 4. The Morgan fingerprint density at radius 1 is 1.32 bits per heavy atom. The first-order valence-corrected chi connectivity index (χ1v) is 6.43. The van der Waals surface area contributed by atoms with Crippen LogP contribution in [0.2, 0.25) is 0 Å². The van der Waals surface area contributed by atoms with E-state index in [1.165, 1.54) is 11.8 Å².